The molecule has 2 aromatic carbocycles. The van der Waals surface area contributed by atoms with Crippen molar-refractivity contribution in [3.8, 4) is 11.5 Å². The van der Waals surface area contributed by atoms with Crippen LogP contribution in [0.2, 0.25) is 0 Å². The Kier molecular flexibility index (Phi) is 6.36. The number of hydrogen-bond acceptors (Lipinski definition) is 4. The van der Waals surface area contributed by atoms with E-state index in [0.717, 1.165) is 30.3 Å². The van der Waals surface area contributed by atoms with Crippen molar-refractivity contribution >= 4 is 11.6 Å². The fourth-order valence-electron chi connectivity index (χ4n) is 3.54. The Bertz CT molecular complexity index is 836. The Morgan fingerprint density at radius 3 is 2.28 bits per heavy atom. The van der Waals surface area contributed by atoms with E-state index >= 15 is 0 Å². The normalized spacial score (nSPS) is 15.8. The van der Waals surface area contributed by atoms with Gasteiger partial charge in [0, 0.05) is 37.9 Å². The number of rotatable bonds is 5. The lowest BCUT2D eigenvalue weighted by molar-refractivity contribution is -0.138. The number of carbonyl (C=O) groups is 1. The van der Waals surface area contributed by atoms with Crippen LogP contribution in [0.3, 0.4) is 0 Å². The van der Waals surface area contributed by atoms with Gasteiger partial charge in [0.1, 0.15) is 11.5 Å². The number of hydrogen-bond donors (Lipinski definition) is 0. The Balaban J connectivity index is 1.57. The molecular formula is C24H32N2O3. The van der Waals surface area contributed by atoms with Crippen LogP contribution in [0.15, 0.2) is 48.5 Å². The van der Waals surface area contributed by atoms with Gasteiger partial charge in [0.25, 0.3) is 5.91 Å². The van der Waals surface area contributed by atoms with Crippen molar-refractivity contribution in [2.24, 2.45) is 0 Å². The van der Waals surface area contributed by atoms with Crippen molar-refractivity contribution < 1.29 is 14.3 Å². The SMILES string of the molecule is COc1cccc(N2CCN(C(=O)C(C)Oc3cccc(C(C)(C)C)c3)CC2)c1. The van der Waals surface area contributed by atoms with Crippen molar-refractivity contribution in [1.29, 1.82) is 0 Å². The van der Waals surface area contributed by atoms with Crippen LogP contribution < -0.4 is 14.4 Å². The second kappa shape index (κ2) is 8.76. The number of piperazine rings is 1. The van der Waals surface area contributed by atoms with E-state index in [9.17, 15) is 4.79 Å². The zero-order valence-electron chi connectivity index (χ0n) is 18.1. The van der Waals surface area contributed by atoms with E-state index < -0.39 is 6.10 Å². The maximum Gasteiger partial charge on any atom is 0.263 e. The quantitative estimate of drug-likeness (QED) is 0.763. The van der Waals surface area contributed by atoms with Gasteiger partial charge in [-0.3, -0.25) is 4.79 Å². The summed E-state index contributed by atoms with van der Waals surface area (Å²) in [4.78, 5) is 17.1. The van der Waals surface area contributed by atoms with Gasteiger partial charge in [0.2, 0.25) is 0 Å². The van der Waals surface area contributed by atoms with Crippen LogP contribution in [0, 0.1) is 0 Å². The highest BCUT2D eigenvalue weighted by Crippen LogP contribution is 2.26. The van der Waals surface area contributed by atoms with E-state index in [-0.39, 0.29) is 11.3 Å². The molecule has 3 rings (SSSR count). The minimum absolute atomic E-state index is 0.0384. The van der Waals surface area contributed by atoms with E-state index in [4.69, 9.17) is 9.47 Å². The fraction of sp³-hybridized carbons (Fsp3) is 0.458. The van der Waals surface area contributed by atoms with E-state index in [1.807, 2.05) is 48.2 Å². The van der Waals surface area contributed by atoms with Crippen molar-refractivity contribution in [3.63, 3.8) is 0 Å². The number of amides is 1. The van der Waals surface area contributed by atoms with Gasteiger partial charge in [-0.15, -0.1) is 0 Å². The number of anilines is 1. The molecule has 0 N–H and O–H groups in total. The number of nitrogens with zero attached hydrogens (tertiary/aromatic N) is 2. The molecule has 0 bridgehead atoms. The minimum atomic E-state index is -0.506. The Labute approximate surface area is 174 Å². The highest BCUT2D eigenvalue weighted by molar-refractivity contribution is 5.81. The highest BCUT2D eigenvalue weighted by atomic mass is 16.5. The zero-order chi connectivity index (χ0) is 21.0. The Hall–Kier alpha value is -2.69. The average Bonchev–Trinajstić information content (AvgIpc) is 2.73. The van der Waals surface area contributed by atoms with Crippen molar-refractivity contribution in [1.82, 2.24) is 4.90 Å². The lowest BCUT2D eigenvalue weighted by Gasteiger charge is -2.37. The predicted molar refractivity (Wildman–Crippen MR) is 117 cm³/mol. The van der Waals surface area contributed by atoms with E-state index in [2.05, 4.69) is 37.8 Å². The third-order valence-electron chi connectivity index (χ3n) is 5.37. The minimum Gasteiger partial charge on any atom is -0.497 e. The van der Waals surface area contributed by atoms with Crippen LogP contribution in [-0.2, 0) is 10.2 Å². The predicted octanol–water partition coefficient (Wildman–Crippen LogP) is 4.11. The molecule has 1 heterocycles. The Morgan fingerprint density at radius 2 is 1.62 bits per heavy atom. The molecule has 1 saturated heterocycles. The maximum absolute atomic E-state index is 12.9. The van der Waals surface area contributed by atoms with E-state index in [1.165, 1.54) is 5.56 Å². The van der Waals surface area contributed by atoms with Gasteiger partial charge in [0.15, 0.2) is 6.10 Å². The topological polar surface area (TPSA) is 42.0 Å². The van der Waals surface area contributed by atoms with Gasteiger partial charge in [-0.25, -0.2) is 0 Å². The summed E-state index contributed by atoms with van der Waals surface area (Å²) in [5, 5.41) is 0. The van der Waals surface area contributed by atoms with E-state index in [0.29, 0.717) is 13.1 Å². The largest absolute Gasteiger partial charge is 0.497 e. The standard InChI is InChI=1S/C24H32N2O3/c1-18(29-22-11-6-8-19(16-22)24(2,3)4)23(27)26-14-12-25(13-15-26)20-9-7-10-21(17-20)28-5/h6-11,16-18H,12-15H2,1-5H3. The first-order chi connectivity index (χ1) is 13.8. The maximum atomic E-state index is 12.9. The third-order valence-corrected chi connectivity index (χ3v) is 5.37. The summed E-state index contributed by atoms with van der Waals surface area (Å²) >= 11 is 0. The molecule has 1 aliphatic rings. The molecule has 0 spiro atoms. The summed E-state index contributed by atoms with van der Waals surface area (Å²) < 4.78 is 11.3. The number of benzene rings is 2. The van der Waals surface area contributed by atoms with Crippen LogP contribution in [0.25, 0.3) is 0 Å². The third kappa shape index (κ3) is 5.22. The second-order valence-electron chi connectivity index (χ2n) is 8.55. The summed E-state index contributed by atoms with van der Waals surface area (Å²) in [6, 6.07) is 16.1. The fourth-order valence-corrected chi connectivity index (χ4v) is 3.54. The van der Waals surface area contributed by atoms with Crippen LogP contribution in [0.4, 0.5) is 5.69 Å². The van der Waals surface area contributed by atoms with Crippen LogP contribution in [0.5, 0.6) is 11.5 Å². The monoisotopic (exact) mass is 396 g/mol. The molecule has 29 heavy (non-hydrogen) atoms. The molecule has 5 nitrogen and oxygen atoms in total. The van der Waals surface area contributed by atoms with Crippen LogP contribution in [-0.4, -0.2) is 50.2 Å². The summed E-state index contributed by atoms with van der Waals surface area (Å²) in [7, 11) is 1.67. The molecule has 2 aromatic rings. The van der Waals surface area contributed by atoms with Crippen molar-refractivity contribution in [2.75, 3.05) is 38.2 Å². The molecule has 0 saturated carbocycles. The average molecular weight is 397 g/mol. The molecule has 5 heteroatoms. The van der Waals surface area contributed by atoms with Crippen molar-refractivity contribution in [2.45, 2.75) is 39.2 Å². The van der Waals surface area contributed by atoms with Gasteiger partial charge < -0.3 is 19.3 Å². The molecule has 0 radical (unpaired) electrons. The molecule has 1 unspecified atom stereocenters. The summed E-state index contributed by atoms with van der Waals surface area (Å²) in [5.74, 6) is 1.63. The summed E-state index contributed by atoms with van der Waals surface area (Å²) in [6.45, 7) is 11.3. The molecule has 1 fully saturated rings. The van der Waals surface area contributed by atoms with Gasteiger partial charge >= 0.3 is 0 Å². The van der Waals surface area contributed by atoms with Gasteiger partial charge in [0.05, 0.1) is 7.11 Å². The smallest absolute Gasteiger partial charge is 0.263 e. The second-order valence-corrected chi connectivity index (χ2v) is 8.55. The van der Waals surface area contributed by atoms with Crippen molar-refractivity contribution in [3.05, 3.63) is 54.1 Å². The molecule has 1 amide bonds. The number of carbonyl (C=O) groups excluding carboxylic acids is 1. The first-order valence-electron chi connectivity index (χ1n) is 10.2. The first-order valence-corrected chi connectivity index (χ1v) is 10.2. The molecule has 1 aliphatic heterocycles. The number of methoxy groups -OCH3 is 1. The lowest BCUT2D eigenvalue weighted by Crippen LogP contribution is -2.52. The van der Waals surface area contributed by atoms with Gasteiger partial charge in [-0.2, -0.15) is 0 Å². The summed E-state index contributed by atoms with van der Waals surface area (Å²) in [5.41, 5.74) is 2.37. The number of ether oxygens (including phenoxy) is 2. The molecule has 156 valence electrons. The van der Waals surface area contributed by atoms with E-state index in [1.54, 1.807) is 7.11 Å². The van der Waals surface area contributed by atoms with Crippen LogP contribution in [0.1, 0.15) is 33.3 Å². The zero-order valence-corrected chi connectivity index (χ0v) is 18.1. The highest BCUT2D eigenvalue weighted by Gasteiger charge is 2.26. The summed E-state index contributed by atoms with van der Waals surface area (Å²) in [6.07, 6.45) is -0.506. The molecule has 1 atom stereocenters. The van der Waals surface area contributed by atoms with Gasteiger partial charge in [-0.1, -0.05) is 39.0 Å². The Morgan fingerprint density at radius 1 is 0.966 bits per heavy atom. The van der Waals surface area contributed by atoms with Gasteiger partial charge in [-0.05, 0) is 42.2 Å². The van der Waals surface area contributed by atoms with Crippen LogP contribution >= 0.6 is 0 Å². The lowest BCUT2D eigenvalue weighted by atomic mass is 9.87. The molecule has 0 aliphatic carbocycles. The molecular weight excluding hydrogens is 364 g/mol. The molecule has 0 aromatic heterocycles. The first kappa shape index (κ1) is 21.0.